The van der Waals surface area contributed by atoms with Gasteiger partial charge in [-0.05, 0) is 143 Å². The van der Waals surface area contributed by atoms with Crippen LogP contribution in [-0.2, 0) is 40.1 Å². The summed E-state index contributed by atoms with van der Waals surface area (Å²) in [5.74, 6) is 0. The van der Waals surface area contributed by atoms with Gasteiger partial charge in [0.2, 0.25) is 40.1 Å². The predicted octanol–water partition coefficient (Wildman–Crippen LogP) is 7.68. The molecule has 0 amide bonds. The third kappa shape index (κ3) is 14.1. The summed E-state index contributed by atoms with van der Waals surface area (Å²) in [6.45, 7) is 3.64. The Morgan fingerprint density at radius 1 is 0.264 bits per heavy atom. The summed E-state index contributed by atoms with van der Waals surface area (Å²) in [4.78, 5) is 5.01. The SMILES string of the molecule is O=S(=O)(NCCCN(CCCNS(=O)(=O)c1ccc2ccccc2c1)CCN(CCCNS(=O)(=O)c1ccc2ccccc2c1)CCCNS(=O)(=O)c1ccc2ccccc2c1)c1ccc2ccccc2c1. The molecule has 72 heavy (non-hydrogen) atoms. The van der Waals surface area contributed by atoms with Gasteiger partial charge >= 0.3 is 0 Å². The van der Waals surface area contributed by atoms with Crippen LogP contribution in [0.3, 0.4) is 0 Å². The van der Waals surface area contributed by atoms with E-state index in [0.717, 1.165) is 43.1 Å². The first kappa shape index (κ1) is 52.7. The van der Waals surface area contributed by atoms with Crippen LogP contribution in [0.5, 0.6) is 0 Å². The number of hydrogen-bond donors (Lipinski definition) is 4. The van der Waals surface area contributed by atoms with Crippen LogP contribution in [0.1, 0.15) is 25.7 Å². The molecule has 0 saturated heterocycles. The summed E-state index contributed by atoms with van der Waals surface area (Å²) in [6, 6.07) is 50.3. The summed E-state index contributed by atoms with van der Waals surface area (Å²) in [7, 11) is -15.2. The van der Waals surface area contributed by atoms with Crippen molar-refractivity contribution in [2.24, 2.45) is 0 Å². The minimum absolute atomic E-state index is 0.165. The number of benzene rings is 8. The highest BCUT2D eigenvalue weighted by molar-refractivity contribution is 7.90. The van der Waals surface area contributed by atoms with E-state index in [0.29, 0.717) is 65.0 Å². The van der Waals surface area contributed by atoms with Gasteiger partial charge in [0, 0.05) is 39.3 Å². The number of hydrogen-bond acceptors (Lipinski definition) is 10. The molecule has 0 atom stereocenters. The van der Waals surface area contributed by atoms with E-state index in [-0.39, 0.29) is 45.8 Å². The van der Waals surface area contributed by atoms with Gasteiger partial charge < -0.3 is 9.80 Å². The van der Waals surface area contributed by atoms with Gasteiger partial charge in [0.25, 0.3) is 0 Å². The molecule has 8 rings (SSSR count). The molecule has 0 saturated carbocycles. The Bertz CT molecular complexity index is 3150. The molecular formula is C54H60N6O8S4. The first-order valence-corrected chi connectivity index (χ1v) is 30.0. The van der Waals surface area contributed by atoms with Crippen molar-refractivity contribution in [3.05, 3.63) is 170 Å². The summed E-state index contributed by atoms with van der Waals surface area (Å²) >= 11 is 0. The van der Waals surface area contributed by atoms with Crippen molar-refractivity contribution >= 4 is 83.2 Å². The highest BCUT2D eigenvalue weighted by Crippen LogP contribution is 2.23. The van der Waals surface area contributed by atoms with E-state index in [1.54, 1.807) is 72.8 Å². The average molecular weight is 1050 g/mol. The standard InChI is InChI=1S/C54H60N6O8S4/c61-69(62,51-25-21-43-13-1-5-17-47(43)39-51)55-29-9-33-59(34-10-30-56-70(63,64)52-26-22-44-14-2-6-18-48(44)40-52)37-38-60(35-11-31-57-71(65,66)53-27-23-45-15-3-7-19-49(45)41-53)36-12-32-58-72(67,68)54-28-24-46-16-4-8-20-50(46)42-54/h1-8,13-28,39-42,55-58H,9-12,29-38H2. The Balaban J connectivity index is 0.918. The van der Waals surface area contributed by atoms with Gasteiger partial charge in [-0.2, -0.15) is 0 Å². The van der Waals surface area contributed by atoms with Crippen molar-refractivity contribution in [1.82, 2.24) is 28.7 Å². The third-order valence-electron chi connectivity index (χ3n) is 12.6. The molecule has 378 valence electrons. The summed E-state index contributed by atoms with van der Waals surface area (Å²) in [6.07, 6.45) is 1.84. The fourth-order valence-corrected chi connectivity index (χ4v) is 13.1. The van der Waals surface area contributed by atoms with Crippen LogP contribution < -0.4 is 18.9 Å². The Kier molecular flexibility index (Phi) is 17.5. The third-order valence-corrected chi connectivity index (χ3v) is 18.5. The van der Waals surface area contributed by atoms with Crippen LogP contribution >= 0.6 is 0 Å². The second-order valence-corrected chi connectivity index (χ2v) is 24.8. The molecular weight excluding hydrogens is 989 g/mol. The van der Waals surface area contributed by atoms with Gasteiger partial charge in [-0.25, -0.2) is 52.6 Å². The second-order valence-electron chi connectivity index (χ2n) is 17.7. The fourth-order valence-electron chi connectivity index (χ4n) is 8.66. The topological polar surface area (TPSA) is 191 Å². The summed E-state index contributed by atoms with van der Waals surface area (Å²) in [5.41, 5.74) is 0. The monoisotopic (exact) mass is 1050 g/mol. The van der Waals surface area contributed by atoms with Gasteiger partial charge in [0.05, 0.1) is 19.6 Å². The van der Waals surface area contributed by atoms with Crippen LogP contribution in [0.15, 0.2) is 189 Å². The molecule has 8 aromatic carbocycles. The lowest BCUT2D eigenvalue weighted by Gasteiger charge is -2.28. The zero-order chi connectivity index (χ0) is 50.6. The van der Waals surface area contributed by atoms with Crippen LogP contribution in [0.4, 0.5) is 0 Å². The van der Waals surface area contributed by atoms with E-state index in [1.165, 1.54) is 0 Å². The van der Waals surface area contributed by atoms with Crippen molar-refractivity contribution in [1.29, 1.82) is 0 Å². The largest absolute Gasteiger partial charge is 0.302 e. The lowest BCUT2D eigenvalue weighted by atomic mass is 10.1. The van der Waals surface area contributed by atoms with Gasteiger partial charge in [-0.1, -0.05) is 121 Å². The molecule has 18 heteroatoms. The maximum atomic E-state index is 13.4. The first-order chi connectivity index (χ1) is 34.6. The highest BCUT2D eigenvalue weighted by Gasteiger charge is 2.19. The molecule has 14 nitrogen and oxygen atoms in total. The van der Waals surface area contributed by atoms with Crippen molar-refractivity contribution in [2.45, 2.75) is 45.3 Å². The van der Waals surface area contributed by atoms with Crippen molar-refractivity contribution < 1.29 is 33.7 Å². The Morgan fingerprint density at radius 2 is 0.472 bits per heavy atom. The van der Waals surface area contributed by atoms with E-state index >= 15 is 0 Å². The molecule has 4 N–H and O–H groups in total. The zero-order valence-electron chi connectivity index (χ0n) is 39.9. The van der Waals surface area contributed by atoms with E-state index in [2.05, 4.69) is 28.7 Å². The molecule has 0 heterocycles. The summed E-state index contributed by atoms with van der Waals surface area (Å²) in [5, 5.41) is 7.01. The molecule has 0 fully saturated rings. The van der Waals surface area contributed by atoms with Crippen molar-refractivity contribution in [3.63, 3.8) is 0 Å². The Labute approximate surface area is 423 Å². The van der Waals surface area contributed by atoms with Crippen LogP contribution in [0, 0.1) is 0 Å². The molecule has 0 aliphatic heterocycles. The van der Waals surface area contributed by atoms with E-state index in [1.807, 2.05) is 97.1 Å². The number of nitrogens with zero attached hydrogens (tertiary/aromatic N) is 2. The maximum Gasteiger partial charge on any atom is 0.240 e. The van der Waals surface area contributed by atoms with Crippen molar-refractivity contribution in [2.75, 3.05) is 65.4 Å². The van der Waals surface area contributed by atoms with E-state index in [4.69, 9.17) is 0 Å². The minimum Gasteiger partial charge on any atom is -0.302 e. The predicted molar refractivity (Wildman–Crippen MR) is 288 cm³/mol. The van der Waals surface area contributed by atoms with Crippen LogP contribution in [0.25, 0.3) is 43.1 Å². The molecule has 0 bridgehead atoms. The lowest BCUT2D eigenvalue weighted by molar-refractivity contribution is 0.198. The minimum atomic E-state index is -3.81. The zero-order valence-corrected chi connectivity index (χ0v) is 43.1. The number of nitrogens with one attached hydrogen (secondary N) is 4. The molecule has 0 radical (unpaired) electrons. The molecule has 0 aliphatic rings. The lowest BCUT2D eigenvalue weighted by Crippen LogP contribution is -2.40. The molecule has 0 unspecified atom stereocenters. The number of fused-ring (bicyclic) bond motifs is 4. The summed E-state index contributed by atoms with van der Waals surface area (Å²) < 4.78 is 118. The van der Waals surface area contributed by atoms with Gasteiger partial charge in [-0.3, -0.25) is 0 Å². The van der Waals surface area contributed by atoms with Crippen LogP contribution in [-0.4, -0.2) is 109 Å². The van der Waals surface area contributed by atoms with Crippen LogP contribution in [0.2, 0.25) is 0 Å². The molecule has 0 aliphatic carbocycles. The van der Waals surface area contributed by atoms with Gasteiger partial charge in [-0.15, -0.1) is 0 Å². The number of rotatable bonds is 27. The van der Waals surface area contributed by atoms with E-state index < -0.39 is 40.1 Å². The Hall–Kier alpha value is -5.64. The average Bonchev–Trinajstić information content (AvgIpc) is 3.39. The molecule has 0 aromatic heterocycles. The normalized spacial score (nSPS) is 12.8. The van der Waals surface area contributed by atoms with Gasteiger partial charge in [0.1, 0.15) is 0 Å². The quantitative estimate of drug-likeness (QED) is 0.0372. The Morgan fingerprint density at radius 3 is 0.694 bits per heavy atom. The molecule has 0 spiro atoms. The highest BCUT2D eigenvalue weighted by atomic mass is 32.2. The maximum absolute atomic E-state index is 13.4. The number of sulfonamides is 4. The molecule has 8 aromatic rings. The van der Waals surface area contributed by atoms with E-state index in [9.17, 15) is 33.7 Å². The fraction of sp³-hybridized carbons (Fsp3) is 0.259. The smallest absolute Gasteiger partial charge is 0.240 e. The second kappa shape index (κ2) is 23.9. The van der Waals surface area contributed by atoms with Crippen molar-refractivity contribution in [3.8, 4) is 0 Å². The first-order valence-electron chi connectivity index (χ1n) is 24.0. The van der Waals surface area contributed by atoms with Gasteiger partial charge in [0.15, 0.2) is 0 Å².